The number of rotatable bonds is 9. The Kier molecular flexibility index (Phi) is 9.28. The summed E-state index contributed by atoms with van der Waals surface area (Å²) < 4.78 is 66.7. The topological polar surface area (TPSA) is 117 Å². The van der Waals surface area contributed by atoms with Crippen LogP contribution in [-0.2, 0) is 31.3 Å². The van der Waals surface area contributed by atoms with Crippen molar-refractivity contribution in [3.05, 3.63) is 56.6 Å². The second-order valence-corrected chi connectivity index (χ2v) is 9.04. The Morgan fingerprint density at radius 3 is 2.37 bits per heavy atom. The summed E-state index contributed by atoms with van der Waals surface area (Å²) in [6.07, 6.45) is -4.39. The normalized spacial score (nSPS) is 12.9. The average Bonchev–Trinajstić information content (AvgIpc) is 2.78. The molecule has 0 amide bonds. The second-order valence-electron chi connectivity index (χ2n) is 7.33. The number of halogens is 4. The molecule has 190 valence electrons. The third-order valence-electron chi connectivity index (χ3n) is 4.62. The Hall–Kier alpha value is -3.11. The maximum Gasteiger partial charge on any atom is 0.416 e. The molecule has 0 heterocycles. The molecule has 0 spiro atoms. The third kappa shape index (κ3) is 6.95. The van der Waals surface area contributed by atoms with Crippen LogP contribution in [0.25, 0.3) is 0 Å². The van der Waals surface area contributed by atoms with Gasteiger partial charge in [0.1, 0.15) is 16.8 Å². The van der Waals surface area contributed by atoms with Gasteiger partial charge in [-0.25, -0.2) is 4.79 Å². The highest BCUT2D eigenvalue weighted by atomic mass is 35.5. The maximum absolute atomic E-state index is 12.9. The van der Waals surface area contributed by atoms with Crippen LogP contribution < -0.4 is 10.0 Å². The summed E-state index contributed by atoms with van der Waals surface area (Å²) in [7, 11) is -2.31. The summed E-state index contributed by atoms with van der Waals surface area (Å²) in [6.45, 7) is 4.87. The molecule has 2 rings (SSSR count). The first-order valence-electron chi connectivity index (χ1n) is 10.0. The van der Waals surface area contributed by atoms with E-state index in [4.69, 9.17) is 21.0 Å². The number of alkyl halides is 3. The quantitative estimate of drug-likeness (QED) is 0.128. The zero-order valence-corrected chi connectivity index (χ0v) is 20.7. The van der Waals surface area contributed by atoms with Gasteiger partial charge in [0.15, 0.2) is 5.71 Å². The number of aryl methyl sites for hydroxylation is 1. The lowest BCUT2D eigenvalue weighted by molar-refractivity contribution is -0.383. The van der Waals surface area contributed by atoms with Crippen molar-refractivity contribution in [2.45, 2.75) is 33.4 Å². The van der Waals surface area contributed by atoms with Crippen LogP contribution >= 0.6 is 19.6 Å². The van der Waals surface area contributed by atoms with Gasteiger partial charge in [-0.05, 0) is 24.6 Å². The fraction of sp³-hybridized carbons (Fsp3) is 0.333. The minimum absolute atomic E-state index is 0.0299. The first-order chi connectivity index (χ1) is 16.3. The van der Waals surface area contributed by atoms with Gasteiger partial charge in [0, 0.05) is 23.6 Å². The summed E-state index contributed by atoms with van der Waals surface area (Å²) in [4.78, 5) is 22.6. The highest BCUT2D eigenvalue weighted by Crippen LogP contribution is 2.39. The van der Waals surface area contributed by atoms with E-state index in [2.05, 4.69) is 9.89 Å². The molecule has 0 aliphatic carbocycles. The summed E-state index contributed by atoms with van der Waals surface area (Å²) in [5.74, 6) is -1.47. The third-order valence-corrected chi connectivity index (χ3v) is 6.02. The van der Waals surface area contributed by atoms with E-state index in [0.29, 0.717) is 11.6 Å². The van der Waals surface area contributed by atoms with Crippen LogP contribution in [0.15, 0.2) is 35.5 Å². The molecule has 1 atom stereocenters. The molecular weight excluding hydrogens is 516 g/mol. The molecule has 0 aliphatic rings. The predicted molar refractivity (Wildman–Crippen MR) is 123 cm³/mol. The maximum atomic E-state index is 12.9. The van der Waals surface area contributed by atoms with E-state index >= 15 is 0 Å². The van der Waals surface area contributed by atoms with Crippen molar-refractivity contribution in [1.29, 1.82) is 0 Å². The Bertz CT molecular complexity index is 1190. The van der Waals surface area contributed by atoms with Crippen molar-refractivity contribution < 1.29 is 41.6 Å². The van der Waals surface area contributed by atoms with E-state index in [-0.39, 0.29) is 34.0 Å². The van der Waals surface area contributed by atoms with E-state index in [1.165, 1.54) is 0 Å². The molecule has 9 nitrogen and oxygen atoms in total. The number of hydrogen-bond acceptors (Lipinski definition) is 8. The molecule has 35 heavy (non-hydrogen) atoms. The van der Waals surface area contributed by atoms with Gasteiger partial charge in [-0.15, -0.1) is 0 Å². The molecule has 0 aliphatic heterocycles. The SMILES string of the molecule is CCc1cc([N+](=O)[O-])c([PH](=O)ON=C(C(=O)OC)C(C)C)cc1Oc1ccc(C(F)(F)F)cc1Cl. The van der Waals surface area contributed by atoms with Crippen molar-refractivity contribution in [2.24, 2.45) is 11.1 Å². The molecule has 0 saturated heterocycles. The standard InChI is InChI=1S/C21H21ClF3N2O7P/c1-5-12-8-15(27(29)30)18(35(31)34-26-19(11(2)3)20(28)32-4)10-17(12)33-16-7-6-13(9-14(16)22)21(23,24)25/h6-11,35H,5H2,1-4H3. The van der Waals surface area contributed by atoms with E-state index in [0.717, 1.165) is 31.4 Å². The smallest absolute Gasteiger partial charge is 0.416 e. The lowest BCUT2D eigenvalue weighted by Crippen LogP contribution is -2.21. The number of methoxy groups -OCH3 is 1. The van der Waals surface area contributed by atoms with Gasteiger partial charge in [0.2, 0.25) is 0 Å². The van der Waals surface area contributed by atoms with Crippen molar-refractivity contribution in [2.75, 3.05) is 7.11 Å². The number of ether oxygens (including phenoxy) is 2. The van der Waals surface area contributed by atoms with Gasteiger partial charge in [-0.3, -0.25) is 14.7 Å². The van der Waals surface area contributed by atoms with Gasteiger partial charge in [0.25, 0.3) is 13.7 Å². The Labute approximate surface area is 203 Å². The molecule has 0 saturated carbocycles. The summed E-state index contributed by atoms with van der Waals surface area (Å²) >= 11 is 5.95. The van der Waals surface area contributed by atoms with Crippen molar-refractivity contribution in [1.82, 2.24) is 0 Å². The number of oxime groups is 1. The van der Waals surface area contributed by atoms with Crippen molar-refractivity contribution >= 4 is 42.3 Å². The number of esters is 1. The van der Waals surface area contributed by atoms with E-state index in [1.54, 1.807) is 20.8 Å². The number of nitro groups is 1. The molecule has 2 aromatic carbocycles. The van der Waals surface area contributed by atoms with E-state index < -0.39 is 42.3 Å². The first-order valence-corrected chi connectivity index (χ1v) is 11.7. The number of carbonyl (C=O) groups is 1. The average molecular weight is 537 g/mol. The van der Waals surface area contributed by atoms with Crippen LogP contribution in [0.2, 0.25) is 5.02 Å². The fourth-order valence-corrected chi connectivity index (χ4v) is 3.92. The van der Waals surface area contributed by atoms with Crippen LogP contribution in [0.1, 0.15) is 31.9 Å². The zero-order chi connectivity index (χ0) is 26.5. The van der Waals surface area contributed by atoms with Gasteiger partial charge < -0.3 is 14.1 Å². The summed E-state index contributed by atoms with van der Waals surface area (Å²) in [6, 6.07) is 4.63. The van der Waals surface area contributed by atoms with Gasteiger partial charge in [0.05, 0.1) is 22.6 Å². The largest absolute Gasteiger partial charge is 0.464 e. The Morgan fingerprint density at radius 2 is 1.89 bits per heavy atom. The molecule has 0 aromatic heterocycles. The minimum Gasteiger partial charge on any atom is -0.464 e. The van der Waals surface area contributed by atoms with E-state index in [9.17, 15) is 32.6 Å². The summed E-state index contributed by atoms with van der Waals surface area (Å²) in [5.41, 5.74) is -1.42. The lowest BCUT2D eigenvalue weighted by Gasteiger charge is -2.15. The zero-order valence-electron chi connectivity index (χ0n) is 18.9. The first kappa shape index (κ1) is 28.1. The molecule has 0 fully saturated rings. The molecule has 1 unspecified atom stereocenters. The number of nitro benzene ring substituents is 1. The van der Waals surface area contributed by atoms with Crippen LogP contribution in [0.5, 0.6) is 11.5 Å². The highest BCUT2D eigenvalue weighted by Gasteiger charge is 2.31. The Balaban J connectivity index is 2.51. The Morgan fingerprint density at radius 1 is 1.23 bits per heavy atom. The number of carbonyl (C=O) groups excluding carboxylic acids is 1. The van der Waals surface area contributed by atoms with E-state index in [1.807, 2.05) is 0 Å². The number of hydrogen-bond donors (Lipinski definition) is 0. The van der Waals surface area contributed by atoms with Crippen molar-refractivity contribution in [3.8, 4) is 11.5 Å². The molecule has 0 bridgehead atoms. The van der Waals surface area contributed by atoms with Crippen LogP contribution in [0.3, 0.4) is 0 Å². The minimum atomic E-state index is -4.62. The predicted octanol–water partition coefficient (Wildman–Crippen LogP) is 5.92. The second kappa shape index (κ2) is 11.5. The summed E-state index contributed by atoms with van der Waals surface area (Å²) in [5, 5.41) is 14.4. The van der Waals surface area contributed by atoms with Crippen LogP contribution in [0.4, 0.5) is 18.9 Å². The van der Waals surface area contributed by atoms with Gasteiger partial charge in [-0.2, -0.15) is 13.2 Å². The molecule has 14 heteroatoms. The lowest BCUT2D eigenvalue weighted by atomic mass is 10.1. The van der Waals surface area contributed by atoms with Crippen LogP contribution in [0, 0.1) is 16.0 Å². The number of benzene rings is 2. The molecule has 0 radical (unpaired) electrons. The van der Waals surface area contributed by atoms with Gasteiger partial charge >= 0.3 is 12.1 Å². The fourth-order valence-electron chi connectivity index (χ4n) is 2.80. The van der Waals surface area contributed by atoms with Gasteiger partial charge in [-0.1, -0.05) is 37.5 Å². The van der Waals surface area contributed by atoms with Crippen LogP contribution in [-0.4, -0.2) is 23.7 Å². The highest BCUT2D eigenvalue weighted by molar-refractivity contribution is 7.48. The molecular formula is C21H21ClF3N2O7P. The monoisotopic (exact) mass is 536 g/mol. The molecule has 2 aromatic rings. The number of nitrogens with zero attached hydrogens (tertiary/aromatic N) is 2. The van der Waals surface area contributed by atoms with Crippen molar-refractivity contribution in [3.63, 3.8) is 0 Å². The molecule has 0 N–H and O–H groups in total.